The van der Waals surface area contributed by atoms with Crippen molar-refractivity contribution in [3.63, 3.8) is 0 Å². The smallest absolute Gasteiger partial charge is 0.339 e. The Morgan fingerprint density at radius 1 is 1.41 bits per heavy atom. The van der Waals surface area contributed by atoms with Crippen LogP contribution >= 0.6 is 0 Å². The molecule has 0 atom stereocenters. The predicted octanol–water partition coefficient (Wildman–Crippen LogP) is 2.45. The van der Waals surface area contributed by atoms with Crippen LogP contribution in [0.1, 0.15) is 22.8 Å². The summed E-state index contributed by atoms with van der Waals surface area (Å²) in [7, 11) is 0. The highest BCUT2D eigenvalue weighted by Gasteiger charge is 2.08. The molecule has 4 heteroatoms. The van der Waals surface area contributed by atoms with Gasteiger partial charge in [-0.25, -0.2) is 14.8 Å². The molecule has 0 aromatic carbocycles. The highest BCUT2D eigenvalue weighted by atomic mass is 16.5. The molecule has 0 aliphatic carbocycles. The van der Waals surface area contributed by atoms with Gasteiger partial charge >= 0.3 is 5.97 Å². The molecule has 0 aliphatic heterocycles. The van der Waals surface area contributed by atoms with E-state index in [9.17, 15) is 4.79 Å². The molecule has 2 rings (SSSR count). The topological polar surface area (TPSA) is 52.1 Å². The number of hydrogen-bond donors (Lipinski definition) is 0. The SMILES string of the molecule is C=Cc1cnc2ncc(C(=O)OCC)cc2c1. The van der Waals surface area contributed by atoms with Crippen molar-refractivity contribution in [1.29, 1.82) is 0 Å². The first kappa shape index (κ1) is 11.3. The Morgan fingerprint density at radius 2 is 2.18 bits per heavy atom. The normalized spacial score (nSPS) is 10.2. The van der Waals surface area contributed by atoms with Crippen LogP contribution in [-0.4, -0.2) is 22.5 Å². The van der Waals surface area contributed by atoms with Crippen LogP contribution in [-0.2, 0) is 4.74 Å². The molecule has 0 spiro atoms. The lowest BCUT2D eigenvalue weighted by atomic mass is 10.2. The van der Waals surface area contributed by atoms with Gasteiger partial charge in [-0.1, -0.05) is 12.7 Å². The van der Waals surface area contributed by atoms with E-state index in [0.717, 1.165) is 10.9 Å². The minimum atomic E-state index is -0.370. The van der Waals surface area contributed by atoms with E-state index in [1.807, 2.05) is 6.07 Å². The summed E-state index contributed by atoms with van der Waals surface area (Å²) in [5.74, 6) is -0.370. The summed E-state index contributed by atoms with van der Waals surface area (Å²) in [6.45, 7) is 5.79. The lowest BCUT2D eigenvalue weighted by Gasteiger charge is -2.03. The molecule has 2 heterocycles. The number of hydrogen-bond acceptors (Lipinski definition) is 4. The van der Waals surface area contributed by atoms with E-state index < -0.39 is 0 Å². The van der Waals surface area contributed by atoms with Gasteiger partial charge in [0.05, 0.1) is 12.2 Å². The molecule has 0 fully saturated rings. The predicted molar refractivity (Wildman–Crippen MR) is 65.6 cm³/mol. The van der Waals surface area contributed by atoms with Gasteiger partial charge in [-0.15, -0.1) is 0 Å². The zero-order valence-corrected chi connectivity index (χ0v) is 9.51. The minimum absolute atomic E-state index is 0.349. The largest absolute Gasteiger partial charge is 0.462 e. The number of esters is 1. The first-order valence-corrected chi connectivity index (χ1v) is 5.30. The molecule has 0 bridgehead atoms. The Bertz CT molecular complexity index is 579. The van der Waals surface area contributed by atoms with Gasteiger partial charge in [0.25, 0.3) is 0 Å². The van der Waals surface area contributed by atoms with E-state index >= 15 is 0 Å². The summed E-state index contributed by atoms with van der Waals surface area (Å²) < 4.78 is 4.91. The van der Waals surface area contributed by atoms with Crippen LogP contribution in [0.15, 0.2) is 31.1 Å². The third-order valence-corrected chi connectivity index (χ3v) is 2.30. The van der Waals surface area contributed by atoms with Crippen molar-refractivity contribution in [1.82, 2.24) is 9.97 Å². The number of carbonyl (C=O) groups is 1. The lowest BCUT2D eigenvalue weighted by Crippen LogP contribution is -2.05. The highest BCUT2D eigenvalue weighted by molar-refractivity contribution is 5.93. The van der Waals surface area contributed by atoms with Crippen molar-refractivity contribution >= 4 is 23.1 Å². The molecule has 0 unspecified atom stereocenters. The Labute approximate surface area is 99.0 Å². The molecule has 86 valence electrons. The van der Waals surface area contributed by atoms with Crippen molar-refractivity contribution in [2.45, 2.75) is 6.92 Å². The summed E-state index contributed by atoms with van der Waals surface area (Å²) in [4.78, 5) is 19.8. The maximum absolute atomic E-state index is 11.5. The number of fused-ring (bicyclic) bond motifs is 1. The minimum Gasteiger partial charge on any atom is -0.462 e. The van der Waals surface area contributed by atoms with Gasteiger partial charge in [0.1, 0.15) is 0 Å². The molecular formula is C13H12N2O2. The van der Waals surface area contributed by atoms with Crippen LogP contribution < -0.4 is 0 Å². The molecule has 0 aliphatic rings. The van der Waals surface area contributed by atoms with E-state index in [-0.39, 0.29) is 5.97 Å². The third kappa shape index (κ3) is 2.30. The maximum atomic E-state index is 11.5. The summed E-state index contributed by atoms with van der Waals surface area (Å²) in [6.07, 6.45) is 4.86. The van der Waals surface area contributed by atoms with Crippen LogP contribution in [0.3, 0.4) is 0 Å². The summed E-state index contributed by atoms with van der Waals surface area (Å²) in [6, 6.07) is 3.60. The Kier molecular flexibility index (Phi) is 3.14. The number of pyridine rings is 2. The van der Waals surface area contributed by atoms with E-state index in [1.54, 1.807) is 25.3 Å². The van der Waals surface area contributed by atoms with Gasteiger partial charge in [0.2, 0.25) is 0 Å². The third-order valence-electron chi connectivity index (χ3n) is 2.30. The van der Waals surface area contributed by atoms with Gasteiger partial charge in [0, 0.05) is 17.8 Å². The van der Waals surface area contributed by atoms with E-state index in [2.05, 4.69) is 16.5 Å². The summed E-state index contributed by atoms with van der Waals surface area (Å²) in [5.41, 5.74) is 1.92. The number of ether oxygens (including phenoxy) is 1. The summed E-state index contributed by atoms with van der Waals surface area (Å²) in [5, 5.41) is 0.799. The lowest BCUT2D eigenvalue weighted by molar-refractivity contribution is 0.0526. The zero-order chi connectivity index (χ0) is 12.3. The van der Waals surface area contributed by atoms with Crippen LogP contribution in [0.25, 0.3) is 17.1 Å². The average Bonchev–Trinajstić information content (AvgIpc) is 2.37. The molecule has 2 aromatic heterocycles. The molecule has 0 amide bonds. The van der Waals surface area contributed by atoms with Gasteiger partial charge in [0.15, 0.2) is 5.65 Å². The molecular weight excluding hydrogens is 216 g/mol. The Balaban J connectivity index is 2.47. The van der Waals surface area contributed by atoms with E-state index in [4.69, 9.17) is 4.74 Å². The average molecular weight is 228 g/mol. The van der Waals surface area contributed by atoms with Crippen LogP contribution in [0, 0.1) is 0 Å². The van der Waals surface area contributed by atoms with Crippen LogP contribution in [0.5, 0.6) is 0 Å². The monoisotopic (exact) mass is 228 g/mol. The molecule has 0 N–H and O–H groups in total. The fraction of sp³-hybridized carbons (Fsp3) is 0.154. The Hall–Kier alpha value is -2.23. The van der Waals surface area contributed by atoms with Gasteiger partial charge in [-0.3, -0.25) is 0 Å². The molecule has 0 radical (unpaired) electrons. The van der Waals surface area contributed by atoms with E-state index in [0.29, 0.717) is 17.8 Å². The van der Waals surface area contributed by atoms with Gasteiger partial charge in [-0.05, 0) is 24.6 Å². The fourth-order valence-electron chi connectivity index (χ4n) is 1.48. The fourth-order valence-corrected chi connectivity index (χ4v) is 1.48. The molecule has 0 saturated carbocycles. The van der Waals surface area contributed by atoms with Crippen molar-refractivity contribution in [2.75, 3.05) is 6.61 Å². The second-order valence-corrected chi connectivity index (χ2v) is 3.46. The van der Waals surface area contributed by atoms with Crippen molar-refractivity contribution < 1.29 is 9.53 Å². The Morgan fingerprint density at radius 3 is 2.88 bits per heavy atom. The maximum Gasteiger partial charge on any atom is 0.339 e. The standard InChI is InChI=1S/C13H12N2O2/c1-3-9-5-10-6-11(13(16)17-4-2)8-15-12(10)14-7-9/h3,5-8H,1,4H2,2H3. The second kappa shape index (κ2) is 4.74. The highest BCUT2D eigenvalue weighted by Crippen LogP contribution is 2.14. The molecule has 0 saturated heterocycles. The van der Waals surface area contributed by atoms with E-state index in [1.165, 1.54) is 6.20 Å². The van der Waals surface area contributed by atoms with Crippen LogP contribution in [0.2, 0.25) is 0 Å². The number of aromatic nitrogens is 2. The first-order valence-electron chi connectivity index (χ1n) is 5.30. The van der Waals surface area contributed by atoms with Gasteiger partial charge < -0.3 is 4.74 Å². The number of carbonyl (C=O) groups excluding carboxylic acids is 1. The second-order valence-electron chi connectivity index (χ2n) is 3.46. The van der Waals surface area contributed by atoms with Gasteiger partial charge in [-0.2, -0.15) is 0 Å². The zero-order valence-electron chi connectivity index (χ0n) is 9.51. The van der Waals surface area contributed by atoms with Crippen molar-refractivity contribution in [2.24, 2.45) is 0 Å². The summed E-state index contributed by atoms with van der Waals surface area (Å²) >= 11 is 0. The molecule has 17 heavy (non-hydrogen) atoms. The molecule has 2 aromatic rings. The molecule has 4 nitrogen and oxygen atoms in total. The number of rotatable bonds is 3. The quantitative estimate of drug-likeness (QED) is 0.757. The van der Waals surface area contributed by atoms with Crippen molar-refractivity contribution in [3.05, 3.63) is 42.2 Å². The van der Waals surface area contributed by atoms with Crippen LogP contribution in [0.4, 0.5) is 0 Å². The number of nitrogens with zero attached hydrogens (tertiary/aromatic N) is 2. The van der Waals surface area contributed by atoms with Crippen molar-refractivity contribution in [3.8, 4) is 0 Å². The first-order chi connectivity index (χ1) is 8.24.